The number of rotatable bonds is 3. The van der Waals surface area contributed by atoms with Crippen molar-refractivity contribution in [2.45, 2.75) is 61.5 Å². The van der Waals surface area contributed by atoms with Gasteiger partial charge in [0.1, 0.15) is 0 Å². The molecule has 0 amide bonds. The number of halogens is 1. The number of ether oxygens (including phenoxy) is 1. The zero-order valence-electron chi connectivity index (χ0n) is 11.7. The Kier molecular flexibility index (Phi) is 4.49. The van der Waals surface area contributed by atoms with Crippen LogP contribution in [0.4, 0.5) is 5.69 Å². The maximum Gasteiger partial charge on any atom is 0.0687 e. The van der Waals surface area contributed by atoms with Crippen LogP contribution in [0, 0.1) is 0 Å². The Hall–Kier alpha value is -0.380. The summed E-state index contributed by atoms with van der Waals surface area (Å²) in [5.74, 6) is 0.994. The molecule has 1 spiro atoms. The zero-order valence-corrected chi connectivity index (χ0v) is 13.3. The Morgan fingerprint density at radius 1 is 1.25 bits per heavy atom. The first-order valence-corrected chi connectivity index (χ1v) is 8.89. The van der Waals surface area contributed by atoms with Gasteiger partial charge in [0.15, 0.2) is 0 Å². The van der Waals surface area contributed by atoms with Crippen LogP contribution in [0.15, 0.2) is 23.1 Å². The Bertz CT molecular complexity index is 474. The molecule has 3 rings (SSSR count). The Morgan fingerprint density at radius 3 is 2.80 bits per heavy atom. The highest BCUT2D eigenvalue weighted by Crippen LogP contribution is 2.43. The number of anilines is 1. The largest absolute Gasteiger partial charge is 0.398 e. The first-order valence-electron chi connectivity index (χ1n) is 7.53. The van der Waals surface area contributed by atoms with Gasteiger partial charge in [0.05, 0.1) is 11.7 Å². The quantitative estimate of drug-likeness (QED) is 0.637. The van der Waals surface area contributed by atoms with E-state index in [-0.39, 0.29) is 5.60 Å². The molecule has 110 valence electrons. The van der Waals surface area contributed by atoms with Crippen LogP contribution in [-0.2, 0) is 4.74 Å². The highest BCUT2D eigenvalue weighted by molar-refractivity contribution is 7.99. The standard InChI is InChI=1S/C16H22ClNOS/c17-12-4-5-15(14(18)10-12)20-11-13-6-9-16(19-13)7-2-1-3-8-16/h4-5,10,13H,1-3,6-9,11,18H2. The van der Waals surface area contributed by atoms with E-state index in [4.69, 9.17) is 22.1 Å². The summed E-state index contributed by atoms with van der Waals surface area (Å²) in [6, 6.07) is 5.73. The van der Waals surface area contributed by atoms with Gasteiger partial charge >= 0.3 is 0 Å². The smallest absolute Gasteiger partial charge is 0.0687 e. The first-order chi connectivity index (χ1) is 9.67. The van der Waals surface area contributed by atoms with Crippen LogP contribution < -0.4 is 5.73 Å². The lowest BCUT2D eigenvalue weighted by atomic mass is 9.83. The van der Waals surface area contributed by atoms with Gasteiger partial charge in [-0.1, -0.05) is 30.9 Å². The van der Waals surface area contributed by atoms with E-state index in [0.29, 0.717) is 11.1 Å². The van der Waals surface area contributed by atoms with E-state index in [0.717, 1.165) is 16.3 Å². The average molecular weight is 312 g/mol. The Balaban J connectivity index is 1.54. The van der Waals surface area contributed by atoms with Gasteiger partial charge in [0.25, 0.3) is 0 Å². The number of nitrogens with two attached hydrogens (primary N) is 1. The Labute approximate surface area is 130 Å². The van der Waals surface area contributed by atoms with Crippen LogP contribution in [0.2, 0.25) is 5.02 Å². The van der Waals surface area contributed by atoms with Crippen molar-refractivity contribution in [3.05, 3.63) is 23.2 Å². The summed E-state index contributed by atoms with van der Waals surface area (Å²) in [5.41, 5.74) is 6.98. The molecule has 4 heteroatoms. The van der Waals surface area contributed by atoms with E-state index in [9.17, 15) is 0 Å². The molecule has 2 nitrogen and oxygen atoms in total. The molecule has 0 bridgehead atoms. The lowest BCUT2D eigenvalue weighted by molar-refractivity contribution is -0.0555. The van der Waals surface area contributed by atoms with Crippen LogP contribution in [0.5, 0.6) is 0 Å². The molecule has 2 aliphatic rings. The normalized spacial score (nSPS) is 25.1. The lowest BCUT2D eigenvalue weighted by Gasteiger charge is -2.33. The summed E-state index contributed by atoms with van der Waals surface area (Å²) in [7, 11) is 0. The molecule has 1 heterocycles. The molecule has 1 aliphatic heterocycles. The number of hydrogen-bond acceptors (Lipinski definition) is 3. The molecule has 0 aromatic heterocycles. The number of benzene rings is 1. The molecule has 1 saturated carbocycles. The molecule has 1 saturated heterocycles. The van der Waals surface area contributed by atoms with Crippen molar-refractivity contribution in [3.8, 4) is 0 Å². The number of thioether (sulfide) groups is 1. The minimum Gasteiger partial charge on any atom is -0.398 e. The molecule has 1 aliphatic carbocycles. The van der Waals surface area contributed by atoms with E-state index in [1.54, 1.807) is 11.8 Å². The predicted octanol–water partition coefficient (Wildman–Crippen LogP) is 4.90. The van der Waals surface area contributed by atoms with E-state index in [1.807, 2.05) is 18.2 Å². The van der Waals surface area contributed by atoms with Gasteiger partial charge in [0, 0.05) is 21.4 Å². The van der Waals surface area contributed by atoms with E-state index in [1.165, 1.54) is 44.9 Å². The van der Waals surface area contributed by atoms with Crippen LogP contribution in [0.1, 0.15) is 44.9 Å². The third-order valence-electron chi connectivity index (χ3n) is 4.50. The monoisotopic (exact) mass is 311 g/mol. The van der Waals surface area contributed by atoms with E-state index >= 15 is 0 Å². The molecular formula is C16H22ClNOS. The minimum atomic E-state index is 0.217. The van der Waals surface area contributed by atoms with Gasteiger partial charge in [-0.25, -0.2) is 0 Å². The predicted molar refractivity (Wildman–Crippen MR) is 86.5 cm³/mol. The molecule has 1 aromatic carbocycles. The van der Waals surface area contributed by atoms with Gasteiger partial charge in [0.2, 0.25) is 0 Å². The highest BCUT2D eigenvalue weighted by atomic mass is 35.5. The summed E-state index contributed by atoms with van der Waals surface area (Å²) in [5, 5.41) is 0.699. The van der Waals surface area contributed by atoms with Crippen LogP contribution in [0.3, 0.4) is 0 Å². The minimum absolute atomic E-state index is 0.217. The van der Waals surface area contributed by atoms with E-state index < -0.39 is 0 Å². The highest BCUT2D eigenvalue weighted by Gasteiger charge is 2.40. The van der Waals surface area contributed by atoms with Crippen molar-refractivity contribution in [3.63, 3.8) is 0 Å². The average Bonchev–Trinajstić information content (AvgIpc) is 2.82. The molecule has 0 radical (unpaired) electrons. The summed E-state index contributed by atoms with van der Waals surface area (Å²) in [6.07, 6.45) is 9.40. The van der Waals surface area contributed by atoms with Crippen molar-refractivity contribution in [1.82, 2.24) is 0 Å². The second kappa shape index (κ2) is 6.17. The van der Waals surface area contributed by atoms with Crippen LogP contribution >= 0.6 is 23.4 Å². The van der Waals surface area contributed by atoms with Crippen LogP contribution in [0.25, 0.3) is 0 Å². The molecule has 20 heavy (non-hydrogen) atoms. The fourth-order valence-corrected chi connectivity index (χ4v) is 4.58. The van der Waals surface area contributed by atoms with Gasteiger partial charge in [-0.15, -0.1) is 11.8 Å². The van der Waals surface area contributed by atoms with Crippen molar-refractivity contribution in [2.24, 2.45) is 0 Å². The van der Waals surface area contributed by atoms with Crippen molar-refractivity contribution < 1.29 is 4.74 Å². The van der Waals surface area contributed by atoms with Crippen molar-refractivity contribution in [2.75, 3.05) is 11.5 Å². The SMILES string of the molecule is Nc1cc(Cl)ccc1SCC1CCC2(CCCCC2)O1. The summed E-state index contributed by atoms with van der Waals surface area (Å²) >= 11 is 7.72. The molecule has 1 unspecified atom stereocenters. The topological polar surface area (TPSA) is 35.2 Å². The first kappa shape index (κ1) is 14.6. The second-order valence-corrected chi connectivity index (χ2v) is 7.51. The summed E-state index contributed by atoms with van der Waals surface area (Å²) in [4.78, 5) is 1.11. The molecule has 2 fully saturated rings. The second-order valence-electron chi connectivity index (χ2n) is 6.02. The van der Waals surface area contributed by atoms with Crippen LogP contribution in [-0.4, -0.2) is 17.5 Å². The fraction of sp³-hybridized carbons (Fsp3) is 0.625. The lowest BCUT2D eigenvalue weighted by Crippen LogP contribution is -2.32. The molecule has 1 aromatic rings. The van der Waals surface area contributed by atoms with E-state index in [2.05, 4.69) is 0 Å². The molecule has 1 atom stereocenters. The molecular weight excluding hydrogens is 290 g/mol. The van der Waals surface area contributed by atoms with Gasteiger partial charge in [-0.3, -0.25) is 0 Å². The van der Waals surface area contributed by atoms with Crippen molar-refractivity contribution >= 4 is 29.1 Å². The maximum atomic E-state index is 6.39. The zero-order chi connectivity index (χ0) is 14.0. The molecule has 2 N–H and O–H groups in total. The Morgan fingerprint density at radius 2 is 2.05 bits per heavy atom. The summed E-state index contributed by atoms with van der Waals surface area (Å²) in [6.45, 7) is 0. The maximum absolute atomic E-state index is 6.39. The fourth-order valence-electron chi connectivity index (χ4n) is 3.41. The van der Waals surface area contributed by atoms with Gasteiger partial charge in [-0.2, -0.15) is 0 Å². The van der Waals surface area contributed by atoms with Gasteiger partial charge in [-0.05, 0) is 43.9 Å². The third kappa shape index (κ3) is 3.26. The third-order valence-corrected chi connectivity index (χ3v) is 5.96. The number of nitrogen functional groups attached to an aromatic ring is 1. The van der Waals surface area contributed by atoms with Gasteiger partial charge < -0.3 is 10.5 Å². The summed E-state index contributed by atoms with van der Waals surface area (Å²) < 4.78 is 6.39. The number of hydrogen-bond donors (Lipinski definition) is 1. The van der Waals surface area contributed by atoms with Crippen molar-refractivity contribution in [1.29, 1.82) is 0 Å².